The molecule has 0 bridgehead atoms. The molecule has 2 heterocycles. The number of nitrogens with zero attached hydrogens (tertiary/aromatic N) is 4. The normalized spacial score (nSPS) is 14.2. The lowest BCUT2D eigenvalue weighted by atomic mass is 9.95. The van der Waals surface area contributed by atoms with E-state index in [1.807, 2.05) is 6.07 Å². The summed E-state index contributed by atoms with van der Waals surface area (Å²) >= 11 is 6.07. The summed E-state index contributed by atoms with van der Waals surface area (Å²) in [4.78, 5) is 8.72. The van der Waals surface area contributed by atoms with Gasteiger partial charge in [-0.3, -0.25) is 5.32 Å². The SMILES string of the molecule is N#CNC1=NC(c2cccc(OCc3c(F)cccc3Cl)c2)c2c(nc(N)c(C#N)c2N)N1. The number of fused-ring (bicyclic) bond motifs is 1. The molecule has 0 saturated carbocycles. The van der Waals surface area contributed by atoms with E-state index in [1.165, 1.54) is 12.1 Å². The molecule has 1 atom stereocenters. The van der Waals surface area contributed by atoms with Crippen LogP contribution in [-0.2, 0) is 6.61 Å². The molecule has 0 saturated heterocycles. The van der Waals surface area contributed by atoms with E-state index in [9.17, 15) is 9.65 Å². The molecule has 1 aromatic heterocycles. The van der Waals surface area contributed by atoms with Crippen LogP contribution in [0.5, 0.6) is 5.75 Å². The van der Waals surface area contributed by atoms with Gasteiger partial charge in [0.2, 0.25) is 5.96 Å². The Hall–Kier alpha value is -4.54. The summed E-state index contributed by atoms with van der Waals surface area (Å²) in [6, 6.07) is 12.5. The number of aromatic nitrogens is 1. The van der Waals surface area contributed by atoms with Crippen LogP contribution >= 0.6 is 11.6 Å². The van der Waals surface area contributed by atoms with E-state index in [0.29, 0.717) is 16.9 Å². The molecule has 11 heteroatoms. The van der Waals surface area contributed by atoms with Crippen molar-refractivity contribution in [3.05, 3.63) is 75.6 Å². The Bertz CT molecular complexity index is 1340. The molecule has 33 heavy (non-hydrogen) atoms. The van der Waals surface area contributed by atoms with Crippen molar-refractivity contribution in [2.75, 3.05) is 16.8 Å². The Labute approximate surface area is 193 Å². The van der Waals surface area contributed by atoms with Crippen molar-refractivity contribution >= 4 is 34.9 Å². The fourth-order valence-electron chi connectivity index (χ4n) is 3.42. The molecule has 3 aromatic rings. The number of nitrogens with two attached hydrogens (primary N) is 2. The average molecular weight is 463 g/mol. The monoisotopic (exact) mass is 462 g/mol. The molecule has 0 fully saturated rings. The van der Waals surface area contributed by atoms with Gasteiger partial charge < -0.3 is 21.5 Å². The summed E-state index contributed by atoms with van der Waals surface area (Å²) in [5.41, 5.74) is 13.6. The van der Waals surface area contributed by atoms with Crippen molar-refractivity contribution in [2.24, 2.45) is 4.99 Å². The zero-order valence-electron chi connectivity index (χ0n) is 16.9. The van der Waals surface area contributed by atoms with Crippen molar-refractivity contribution in [2.45, 2.75) is 12.6 Å². The van der Waals surface area contributed by atoms with E-state index in [2.05, 4.69) is 20.6 Å². The average Bonchev–Trinajstić information content (AvgIpc) is 2.79. The molecule has 0 amide bonds. The molecular formula is C22H16ClFN8O. The predicted molar refractivity (Wildman–Crippen MR) is 122 cm³/mol. The molecule has 0 aliphatic carbocycles. The summed E-state index contributed by atoms with van der Waals surface area (Å²) in [5, 5.41) is 24.0. The van der Waals surface area contributed by atoms with Gasteiger partial charge in [-0.15, -0.1) is 0 Å². The minimum atomic E-state index is -0.724. The number of nitriles is 2. The van der Waals surface area contributed by atoms with Gasteiger partial charge in [-0.2, -0.15) is 10.5 Å². The lowest BCUT2D eigenvalue weighted by Crippen LogP contribution is -2.32. The van der Waals surface area contributed by atoms with Crippen LogP contribution in [0.2, 0.25) is 5.02 Å². The molecular weight excluding hydrogens is 447 g/mol. The number of rotatable bonds is 4. The van der Waals surface area contributed by atoms with Crippen LogP contribution in [0.4, 0.5) is 21.7 Å². The second-order valence-corrected chi connectivity index (χ2v) is 7.37. The molecule has 6 N–H and O–H groups in total. The van der Waals surface area contributed by atoms with Gasteiger partial charge in [0.1, 0.15) is 47.5 Å². The number of nitrogen functional groups attached to an aromatic ring is 2. The van der Waals surface area contributed by atoms with E-state index >= 15 is 0 Å². The molecule has 9 nitrogen and oxygen atoms in total. The Morgan fingerprint density at radius 3 is 2.73 bits per heavy atom. The van der Waals surface area contributed by atoms with E-state index in [4.69, 9.17) is 33.1 Å². The number of pyridine rings is 1. The summed E-state index contributed by atoms with van der Waals surface area (Å²) in [5.74, 6) is 0.321. The second-order valence-electron chi connectivity index (χ2n) is 6.96. The molecule has 2 aromatic carbocycles. The molecule has 164 valence electrons. The van der Waals surface area contributed by atoms with Crippen LogP contribution in [-0.4, -0.2) is 10.9 Å². The Morgan fingerprint density at radius 2 is 2.00 bits per heavy atom. The van der Waals surface area contributed by atoms with Gasteiger partial charge in [0.05, 0.1) is 10.7 Å². The summed E-state index contributed by atoms with van der Waals surface area (Å²) in [7, 11) is 0. The Morgan fingerprint density at radius 1 is 1.21 bits per heavy atom. The van der Waals surface area contributed by atoms with E-state index < -0.39 is 11.9 Å². The van der Waals surface area contributed by atoms with Crippen LogP contribution in [0, 0.1) is 28.6 Å². The first-order valence-corrected chi connectivity index (χ1v) is 9.95. The minimum absolute atomic E-state index is 0.0361. The molecule has 1 aliphatic heterocycles. The van der Waals surface area contributed by atoms with Crippen LogP contribution in [0.1, 0.15) is 28.3 Å². The quantitative estimate of drug-likeness (QED) is 0.339. The zero-order chi connectivity index (χ0) is 23.5. The lowest BCUT2D eigenvalue weighted by Gasteiger charge is -2.26. The van der Waals surface area contributed by atoms with E-state index in [1.54, 1.807) is 36.5 Å². The highest BCUT2D eigenvalue weighted by Gasteiger charge is 2.29. The summed E-state index contributed by atoms with van der Waals surface area (Å²) in [6.07, 6.45) is 1.79. The fourth-order valence-corrected chi connectivity index (χ4v) is 3.64. The van der Waals surface area contributed by atoms with Crippen molar-refractivity contribution < 1.29 is 9.13 Å². The predicted octanol–water partition coefficient (Wildman–Crippen LogP) is 3.43. The number of guanidine groups is 1. The fraction of sp³-hybridized carbons (Fsp3) is 0.0909. The van der Waals surface area contributed by atoms with Gasteiger partial charge in [-0.25, -0.2) is 14.4 Å². The minimum Gasteiger partial charge on any atom is -0.489 e. The summed E-state index contributed by atoms with van der Waals surface area (Å²) in [6.45, 7) is -0.0823. The third-order valence-electron chi connectivity index (χ3n) is 4.98. The number of aliphatic imine (C=N–C) groups is 1. The van der Waals surface area contributed by atoms with Crippen molar-refractivity contribution in [3.8, 4) is 18.0 Å². The highest BCUT2D eigenvalue weighted by molar-refractivity contribution is 6.31. The van der Waals surface area contributed by atoms with Gasteiger partial charge in [0, 0.05) is 11.1 Å². The van der Waals surface area contributed by atoms with Crippen molar-refractivity contribution in [1.29, 1.82) is 10.5 Å². The molecule has 4 rings (SSSR count). The highest BCUT2D eigenvalue weighted by Crippen LogP contribution is 2.41. The lowest BCUT2D eigenvalue weighted by molar-refractivity contribution is 0.299. The number of anilines is 3. The van der Waals surface area contributed by atoms with E-state index in [-0.39, 0.29) is 46.0 Å². The highest BCUT2D eigenvalue weighted by atomic mass is 35.5. The maximum absolute atomic E-state index is 14.1. The van der Waals surface area contributed by atoms with Crippen LogP contribution in [0.25, 0.3) is 0 Å². The standard InChI is InChI=1S/C22H16ClFN8O/c23-15-5-2-6-16(24)14(15)9-33-12-4-1-3-11(7-12)19-17-18(27)13(8-25)20(28)31-21(17)32-22(30-19)29-10-26/h1-7,19H,9H2,(H6,27,28,29,30,31,32). The maximum atomic E-state index is 14.1. The molecule has 1 unspecified atom stereocenters. The number of hydrogen-bond acceptors (Lipinski definition) is 9. The molecule has 0 radical (unpaired) electrons. The molecule has 0 spiro atoms. The van der Waals surface area contributed by atoms with Crippen molar-refractivity contribution in [3.63, 3.8) is 0 Å². The first-order valence-electron chi connectivity index (χ1n) is 9.57. The molecule has 1 aliphatic rings. The maximum Gasteiger partial charge on any atom is 0.211 e. The second kappa shape index (κ2) is 8.91. The van der Waals surface area contributed by atoms with Gasteiger partial charge in [-0.1, -0.05) is 29.8 Å². The van der Waals surface area contributed by atoms with Gasteiger partial charge in [-0.05, 0) is 29.8 Å². The third kappa shape index (κ3) is 4.15. The Balaban J connectivity index is 1.73. The third-order valence-corrected chi connectivity index (χ3v) is 5.33. The van der Waals surface area contributed by atoms with Gasteiger partial charge in [0.25, 0.3) is 0 Å². The Kier molecular flexibility index (Phi) is 5.85. The number of nitrogens with one attached hydrogen (secondary N) is 2. The zero-order valence-corrected chi connectivity index (χ0v) is 17.7. The topological polar surface area (TPSA) is 158 Å². The van der Waals surface area contributed by atoms with E-state index in [0.717, 1.165) is 0 Å². The number of benzene rings is 2. The van der Waals surface area contributed by atoms with Crippen molar-refractivity contribution in [1.82, 2.24) is 10.3 Å². The smallest absolute Gasteiger partial charge is 0.211 e. The first kappa shape index (κ1) is 21.7. The van der Waals surface area contributed by atoms with Gasteiger partial charge in [0.15, 0.2) is 6.19 Å². The van der Waals surface area contributed by atoms with Gasteiger partial charge >= 0.3 is 0 Å². The number of halogens is 2. The first-order chi connectivity index (χ1) is 15.9. The van der Waals surface area contributed by atoms with Crippen LogP contribution in [0.3, 0.4) is 0 Å². The number of ether oxygens (including phenoxy) is 1. The largest absolute Gasteiger partial charge is 0.489 e. The van der Waals surface area contributed by atoms with Crippen LogP contribution < -0.4 is 26.8 Å². The summed E-state index contributed by atoms with van der Waals surface area (Å²) < 4.78 is 19.8. The van der Waals surface area contributed by atoms with Crippen LogP contribution in [0.15, 0.2) is 47.5 Å². The number of hydrogen-bond donors (Lipinski definition) is 4.